The molecule has 1 nitrogen and oxygen atoms in total. The first-order chi connectivity index (χ1) is 8.37. The van der Waals surface area contributed by atoms with Gasteiger partial charge in [0.15, 0.2) is 0 Å². The Morgan fingerprint density at radius 2 is 1.67 bits per heavy atom. The Labute approximate surface area is 106 Å². The fourth-order valence-electron chi connectivity index (χ4n) is 1.66. The van der Waals surface area contributed by atoms with E-state index in [1.807, 2.05) is 38.1 Å². The van der Waals surface area contributed by atoms with Gasteiger partial charge in [0.2, 0.25) is 0 Å². The third kappa shape index (κ3) is 6.52. The summed E-state index contributed by atoms with van der Waals surface area (Å²) < 4.78 is 41.3. The van der Waals surface area contributed by atoms with Crippen LogP contribution in [0.2, 0.25) is 0 Å². The van der Waals surface area contributed by atoms with E-state index in [4.69, 9.17) is 4.74 Å². The maximum absolute atomic E-state index is 11.9. The molecule has 0 atom stereocenters. The summed E-state index contributed by atoms with van der Waals surface area (Å²) >= 11 is 0. The molecule has 0 saturated carbocycles. The van der Waals surface area contributed by atoms with Crippen molar-refractivity contribution >= 4 is 0 Å². The van der Waals surface area contributed by atoms with Crippen molar-refractivity contribution in [3.63, 3.8) is 0 Å². The largest absolute Gasteiger partial charge is 0.491 e. The van der Waals surface area contributed by atoms with Gasteiger partial charge in [-0.15, -0.1) is 0 Å². The average Bonchev–Trinajstić information content (AvgIpc) is 2.24. The maximum atomic E-state index is 11.9. The highest BCUT2D eigenvalue weighted by Gasteiger charge is 2.25. The van der Waals surface area contributed by atoms with Crippen LogP contribution in [-0.2, 0) is 6.42 Å². The topological polar surface area (TPSA) is 9.23 Å². The second kappa shape index (κ2) is 6.66. The Morgan fingerprint density at radius 3 is 2.17 bits per heavy atom. The minimum atomic E-state index is -4.03. The van der Waals surface area contributed by atoms with E-state index in [2.05, 4.69) is 0 Å². The van der Waals surface area contributed by atoms with Crippen LogP contribution >= 0.6 is 0 Å². The van der Waals surface area contributed by atoms with Crippen molar-refractivity contribution in [1.82, 2.24) is 0 Å². The van der Waals surface area contributed by atoms with Gasteiger partial charge in [-0.3, -0.25) is 0 Å². The molecule has 0 bridgehead atoms. The molecule has 1 aromatic rings. The van der Waals surface area contributed by atoms with Crippen LogP contribution in [0.5, 0.6) is 5.75 Å². The second-order valence-corrected chi connectivity index (χ2v) is 4.63. The molecule has 1 aromatic carbocycles. The molecule has 1 rings (SSSR count). The summed E-state index contributed by atoms with van der Waals surface area (Å²) in [4.78, 5) is 0. The minimum Gasteiger partial charge on any atom is -0.491 e. The summed E-state index contributed by atoms with van der Waals surface area (Å²) in [6.07, 6.45) is -3.17. The van der Waals surface area contributed by atoms with E-state index in [9.17, 15) is 13.2 Å². The molecular formula is C14H19F3O. The molecule has 0 radical (unpaired) electrons. The molecule has 102 valence electrons. The number of alkyl halides is 3. The number of benzene rings is 1. The fourth-order valence-corrected chi connectivity index (χ4v) is 1.66. The first-order valence-electron chi connectivity index (χ1n) is 6.19. The highest BCUT2D eigenvalue weighted by molar-refractivity contribution is 5.27. The molecule has 0 aliphatic carbocycles. The number of hydrogen-bond acceptors (Lipinski definition) is 1. The Bertz CT molecular complexity index is 341. The first kappa shape index (κ1) is 14.9. The zero-order valence-electron chi connectivity index (χ0n) is 10.8. The van der Waals surface area contributed by atoms with Crippen molar-refractivity contribution in [2.24, 2.45) is 0 Å². The van der Waals surface area contributed by atoms with Gasteiger partial charge in [0.05, 0.1) is 6.10 Å². The standard InChI is InChI=1S/C14H19F3O/c1-11(2)18-13-8-6-12(7-9-13)5-3-4-10-14(15,16)17/h6-9,11H,3-5,10H2,1-2H3. The van der Waals surface area contributed by atoms with Crippen LogP contribution in [0.15, 0.2) is 24.3 Å². The number of rotatable bonds is 6. The van der Waals surface area contributed by atoms with Crippen molar-refractivity contribution in [2.45, 2.75) is 51.8 Å². The van der Waals surface area contributed by atoms with Gasteiger partial charge >= 0.3 is 6.18 Å². The third-order valence-electron chi connectivity index (χ3n) is 2.47. The molecule has 0 aromatic heterocycles. The van der Waals surface area contributed by atoms with Crippen LogP contribution in [-0.4, -0.2) is 12.3 Å². The summed E-state index contributed by atoms with van der Waals surface area (Å²) in [5, 5.41) is 0. The van der Waals surface area contributed by atoms with Gasteiger partial charge in [-0.2, -0.15) is 13.2 Å². The van der Waals surface area contributed by atoms with E-state index < -0.39 is 12.6 Å². The van der Waals surface area contributed by atoms with Crippen molar-refractivity contribution in [3.8, 4) is 5.75 Å². The molecule has 18 heavy (non-hydrogen) atoms. The van der Waals surface area contributed by atoms with E-state index >= 15 is 0 Å². The van der Waals surface area contributed by atoms with E-state index in [1.165, 1.54) is 0 Å². The average molecular weight is 260 g/mol. The van der Waals surface area contributed by atoms with E-state index in [0.717, 1.165) is 11.3 Å². The summed E-state index contributed by atoms with van der Waals surface area (Å²) in [6, 6.07) is 7.54. The summed E-state index contributed by atoms with van der Waals surface area (Å²) in [6.45, 7) is 3.90. The smallest absolute Gasteiger partial charge is 0.389 e. The second-order valence-electron chi connectivity index (χ2n) is 4.63. The lowest BCUT2D eigenvalue weighted by molar-refractivity contribution is -0.135. The number of ether oxygens (including phenoxy) is 1. The quantitative estimate of drug-likeness (QED) is 0.671. The third-order valence-corrected chi connectivity index (χ3v) is 2.47. The van der Waals surface area contributed by atoms with Gasteiger partial charge in [-0.25, -0.2) is 0 Å². The Hall–Kier alpha value is -1.19. The minimum absolute atomic E-state index is 0.127. The number of unbranched alkanes of at least 4 members (excludes halogenated alkanes) is 1. The summed E-state index contributed by atoms with van der Waals surface area (Å²) in [5.74, 6) is 0.795. The van der Waals surface area contributed by atoms with Crippen molar-refractivity contribution < 1.29 is 17.9 Å². The molecule has 4 heteroatoms. The Morgan fingerprint density at radius 1 is 1.06 bits per heavy atom. The van der Waals surface area contributed by atoms with Gasteiger partial charge in [0, 0.05) is 6.42 Å². The maximum Gasteiger partial charge on any atom is 0.389 e. The number of aryl methyl sites for hydroxylation is 1. The summed E-state index contributed by atoms with van der Waals surface area (Å²) in [7, 11) is 0. The molecule has 0 N–H and O–H groups in total. The van der Waals surface area contributed by atoms with E-state index in [-0.39, 0.29) is 12.5 Å². The van der Waals surface area contributed by atoms with Crippen molar-refractivity contribution in [2.75, 3.05) is 0 Å². The van der Waals surface area contributed by atoms with E-state index in [1.54, 1.807) is 0 Å². The summed E-state index contributed by atoms with van der Waals surface area (Å²) in [5.41, 5.74) is 1.05. The van der Waals surface area contributed by atoms with Gasteiger partial charge in [0.25, 0.3) is 0 Å². The lowest BCUT2D eigenvalue weighted by atomic mass is 10.1. The first-order valence-corrected chi connectivity index (χ1v) is 6.19. The van der Waals surface area contributed by atoms with Crippen LogP contribution in [0.4, 0.5) is 13.2 Å². The molecule has 0 aliphatic rings. The van der Waals surface area contributed by atoms with Crippen molar-refractivity contribution in [3.05, 3.63) is 29.8 Å². The number of hydrogen-bond donors (Lipinski definition) is 0. The lowest BCUT2D eigenvalue weighted by Gasteiger charge is -2.10. The van der Waals surface area contributed by atoms with Crippen LogP contribution in [0.3, 0.4) is 0 Å². The lowest BCUT2D eigenvalue weighted by Crippen LogP contribution is -2.06. The monoisotopic (exact) mass is 260 g/mol. The highest BCUT2D eigenvalue weighted by Crippen LogP contribution is 2.23. The van der Waals surface area contributed by atoms with Gasteiger partial charge in [-0.05, 0) is 50.8 Å². The zero-order valence-corrected chi connectivity index (χ0v) is 10.8. The predicted molar refractivity (Wildman–Crippen MR) is 65.8 cm³/mol. The molecular weight excluding hydrogens is 241 g/mol. The molecule has 0 aliphatic heterocycles. The fraction of sp³-hybridized carbons (Fsp3) is 0.571. The molecule has 0 amide bonds. The molecule has 0 spiro atoms. The normalized spacial score (nSPS) is 11.9. The highest BCUT2D eigenvalue weighted by atomic mass is 19.4. The Kier molecular flexibility index (Phi) is 5.51. The van der Waals surface area contributed by atoms with Gasteiger partial charge in [0.1, 0.15) is 5.75 Å². The van der Waals surface area contributed by atoms with Crippen LogP contribution in [0, 0.1) is 0 Å². The van der Waals surface area contributed by atoms with Crippen LogP contribution in [0.25, 0.3) is 0 Å². The van der Waals surface area contributed by atoms with Gasteiger partial charge in [-0.1, -0.05) is 12.1 Å². The molecule has 0 saturated heterocycles. The zero-order chi connectivity index (χ0) is 13.6. The molecule has 0 fully saturated rings. The van der Waals surface area contributed by atoms with Crippen LogP contribution < -0.4 is 4.74 Å². The van der Waals surface area contributed by atoms with E-state index in [0.29, 0.717) is 12.8 Å². The van der Waals surface area contributed by atoms with Gasteiger partial charge < -0.3 is 4.74 Å². The predicted octanol–water partition coefficient (Wildman–Crippen LogP) is 4.75. The molecule has 0 heterocycles. The SMILES string of the molecule is CC(C)Oc1ccc(CCCCC(F)(F)F)cc1. The van der Waals surface area contributed by atoms with Crippen LogP contribution in [0.1, 0.15) is 38.7 Å². The Balaban J connectivity index is 2.31. The van der Waals surface area contributed by atoms with Crippen molar-refractivity contribution in [1.29, 1.82) is 0 Å². The molecule has 0 unspecified atom stereocenters. The number of halogens is 3.